The molecular formula is C10H18O2. The van der Waals surface area contributed by atoms with Crippen LogP contribution in [0.1, 0.15) is 33.6 Å². The fourth-order valence-electron chi connectivity index (χ4n) is 2.82. The summed E-state index contributed by atoms with van der Waals surface area (Å²) >= 11 is 0. The average Bonchev–Trinajstić information content (AvgIpc) is 2.39. The monoisotopic (exact) mass is 170 g/mol. The Hall–Kier alpha value is -0.0800. The summed E-state index contributed by atoms with van der Waals surface area (Å²) in [5.74, 6) is 0.583. The quantitative estimate of drug-likeness (QED) is 0.598. The third kappa shape index (κ3) is 0.728. The van der Waals surface area contributed by atoms with Gasteiger partial charge in [0.1, 0.15) is 0 Å². The van der Waals surface area contributed by atoms with Crippen LogP contribution in [0, 0.1) is 11.3 Å². The zero-order valence-electron chi connectivity index (χ0n) is 8.13. The number of aliphatic hydroxyl groups excluding tert-OH is 1. The normalized spacial score (nSPS) is 59.0. The summed E-state index contributed by atoms with van der Waals surface area (Å²) in [6.07, 6.45) is 1.75. The van der Waals surface area contributed by atoms with Crippen LogP contribution >= 0.6 is 0 Å². The third-order valence-electron chi connectivity index (χ3n) is 4.43. The molecule has 2 aliphatic rings. The Labute approximate surface area is 73.9 Å². The summed E-state index contributed by atoms with van der Waals surface area (Å²) in [5.41, 5.74) is -0.0706. The summed E-state index contributed by atoms with van der Waals surface area (Å²) in [4.78, 5) is 0. The molecule has 0 aromatic carbocycles. The van der Waals surface area contributed by atoms with Gasteiger partial charge >= 0.3 is 0 Å². The minimum absolute atomic E-state index is 0.201. The lowest BCUT2D eigenvalue weighted by Crippen LogP contribution is -2.45. The van der Waals surface area contributed by atoms with Crippen molar-refractivity contribution in [2.24, 2.45) is 11.3 Å². The van der Waals surface area contributed by atoms with Crippen LogP contribution in [0.25, 0.3) is 0 Å². The molecule has 1 heterocycles. The van der Waals surface area contributed by atoms with Crippen molar-refractivity contribution in [2.45, 2.75) is 45.3 Å². The Morgan fingerprint density at radius 1 is 1.42 bits per heavy atom. The summed E-state index contributed by atoms with van der Waals surface area (Å²) in [7, 11) is 0. The molecule has 0 aromatic heterocycles. The second kappa shape index (κ2) is 2.24. The lowest BCUT2D eigenvalue weighted by atomic mass is 9.70. The highest BCUT2D eigenvalue weighted by molar-refractivity contribution is 5.10. The molecule has 2 heteroatoms. The standard InChI is InChI=1S/C10H18O2/c1-7-6-12-10(3)8(11)4-5-9(7,10)2/h7-8,11H,4-6H2,1-3H3/t7?,8?,9-,10-/m1/s1. The molecule has 4 atom stereocenters. The van der Waals surface area contributed by atoms with Crippen LogP contribution in [0.5, 0.6) is 0 Å². The van der Waals surface area contributed by atoms with Crippen molar-refractivity contribution in [3.05, 3.63) is 0 Å². The van der Waals surface area contributed by atoms with Crippen LogP contribution in [0.2, 0.25) is 0 Å². The molecule has 2 rings (SSSR count). The van der Waals surface area contributed by atoms with E-state index in [4.69, 9.17) is 4.74 Å². The Balaban J connectivity index is 2.37. The maximum absolute atomic E-state index is 9.82. The molecule has 0 bridgehead atoms. The first-order chi connectivity index (χ1) is 5.51. The highest BCUT2D eigenvalue weighted by Gasteiger charge is 2.61. The largest absolute Gasteiger partial charge is 0.390 e. The Morgan fingerprint density at radius 2 is 2.08 bits per heavy atom. The molecule has 0 spiro atoms. The summed E-state index contributed by atoms with van der Waals surface area (Å²) in [6.45, 7) is 7.35. The Morgan fingerprint density at radius 3 is 2.67 bits per heavy atom. The van der Waals surface area contributed by atoms with Gasteiger partial charge in [0.05, 0.1) is 18.3 Å². The maximum Gasteiger partial charge on any atom is 0.0968 e. The molecule has 2 fully saturated rings. The number of aliphatic hydroxyl groups is 1. The summed E-state index contributed by atoms with van der Waals surface area (Å²) < 4.78 is 5.74. The van der Waals surface area contributed by atoms with Gasteiger partial charge in [-0.3, -0.25) is 0 Å². The second-order valence-electron chi connectivity index (χ2n) is 4.79. The topological polar surface area (TPSA) is 29.5 Å². The summed E-state index contributed by atoms with van der Waals surface area (Å²) in [6, 6.07) is 0. The lowest BCUT2D eigenvalue weighted by Gasteiger charge is -2.37. The molecular weight excluding hydrogens is 152 g/mol. The molecule has 70 valence electrons. The Kier molecular flexibility index (Phi) is 1.59. The smallest absolute Gasteiger partial charge is 0.0968 e. The van der Waals surface area contributed by atoms with Crippen molar-refractivity contribution < 1.29 is 9.84 Å². The van der Waals surface area contributed by atoms with Gasteiger partial charge in [-0.25, -0.2) is 0 Å². The predicted octanol–water partition coefficient (Wildman–Crippen LogP) is 1.57. The molecule has 2 unspecified atom stereocenters. The molecule has 2 nitrogen and oxygen atoms in total. The summed E-state index contributed by atoms with van der Waals surface area (Å²) in [5, 5.41) is 9.82. The van der Waals surface area contributed by atoms with Crippen LogP contribution in [0.3, 0.4) is 0 Å². The van der Waals surface area contributed by atoms with Crippen molar-refractivity contribution in [1.29, 1.82) is 0 Å². The number of ether oxygens (including phenoxy) is 1. The van der Waals surface area contributed by atoms with Crippen LogP contribution in [-0.4, -0.2) is 23.4 Å². The van der Waals surface area contributed by atoms with Crippen molar-refractivity contribution in [1.82, 2.24) is 0 Å². The lowest BCUT2D eigenvalue weighted by molar-refractivity contribution is -0.0940. The molecule has 1 saturated heterocycles. The van der Waals surface area contributed by atoms with Gasteiger partial charge < -0.3 is 9.84 Å². The first-order valence-electron chi connectivity index (χ1n) is 4.83. The van der Waals surface area contributed by atoms with E-state index in [1.54, 1.807) is 0 Å². The van der Waals surface area contributed by atoms with E-state index in [0.717, 1.165) is 19.4 Å². The van der Waals surface area contributed by atoms with E-state index < -0.39 is 0 Å². The van der Waals surface area contributed by atoms with Crippen molar-refractivity contribution in [2.75, 3.05) is 6.61 Å². The zero-order valence-corrected chi connectivity index (χ0v) is 8.13. The molecule has 1 aliphatic carbocycles. The molecule has 0 aromatic rings. The molecule has 1 N–H and O–H groups in total. The van der Waals surface area contributed by atoms with Crippen molar-refractivity contribution in [3.63, 3.8) is 0 Å². The van der Waals surface area contributed by atoms with Crippen molar-refractivity contribution >= 4 is 0 Å². The van der Waals surface area contributed by atoms with Gasteiger partial charge in [0.2, 0.25) is 0 Å². The first kappa shape index (κ1) is 8.52. The third-order valence-corrected chi connectivity index (χ3v) is 4.43. The van der Waals surface area contributed by atoms with E-state index in [9.17, 15) is 5.11 Å². The van der Waals surface area contributed by atoms with E-state index in [1.165, 1.54) is 0 Å². The highest BCUT2D eigenvalue weighted by atomic mass is 16.5. The van der Waals surface area contributed by atoms with Gasteiger partial charge in [0, 0.05) is 5.41 Å². The van der Waals surface area contributed by atoms with E-state index in [-0.39, 0.29) is 17.1 Å². The average molecular weight is 170 g/mol. The van der Waals surface area contributed by atoms with Gasteiger partial charge in [-0.2, -0.15) is 0 Å². The van der Waals surface area contributed by atoms with Gasteiger partial charge in [-0.05, 0) is 25.7 Å². The van der Waals surface area contributed by atoms with Crippen LogP contribution in [0.4, 0.5) is 0 Å². The van der Waals surface area contributed by atoms with Crippen LogP contribution in [-0.2, 0) is 4.74 Å². The fraction of sp³-hybridized carbons (Fsp3) is 1.00. The van der Waals surface area contributed by atoms with Crippen LogP contribution in [0.15, 0.2) is 0 Å². The van der Waals surface area contributed by atoms with E-state index in [2.05, 4.69) is 20.8 Å². The zero-order chi connectivity index (χ0) is 8.98. The SMILES string of the molecule is CC1CO[C@]2(C)C(O)CC[C@]12C. The second-order valence-corrected chi connectivity index (χ2v) is 4.79. The first-order valence-corrected chi connectivity index (χ1v) is 4.83. The highest BCUT2D eigenvalue weighted by Crippen LogP contribution is 2.57. The number of fused-ring (bicyclic) bond motifs is 1. The van der Waals surface area contributed by atoms with Crippen LogP contribution < -0.4 is 0 Å². The minimum atomic E-state index is -0.271. The molecule has 0 amide bonds. The molecule has 12 heavy (non-hydrogen) atoms. The predicted molar refractivity (Wildman–Crippen MR) is 46.9 cm³/mol. The number of hydrogen-bond donors (Lipinski definition) is 1. The van der Waals surface area contributed by atoms with E-state index in [0.29, 0.717) is 5.92 Å². The molecule has 1 saturated carbocycles. The number of rotatable bonds is 0. The van der Waals surface area contributed by atoms with Gasteiger partial charge in [-0.1, -0.05) is 13.8 Å². The molecule has 0 radical (unpaired) electrons. The van der Waals surface area contributed by atoms with Gasteiger partial charge in [0.25, 0.3) is 0 Å². The minimum Gasteiger partial charge on any atom is -0.390 e. The maximum atomic E-state index is 9.82. The van der Waals surface area contributed by atoms with Gasteiger partial charge in [0.15, 0.2) is 0 Å². The van der Waals surface area contributed by atoms with E-state index >= 15 is 0 Å². The van der Waals surface area contributed by atoms with Gasteiger partial charge in [-0.15, -0.1) is 0 Å². The number of hydrogen-bond acceptors (Lipinski definition) is 2. The van der Waals surface area contributed by atoms with Crippen molar-refractivity contribution in [3.8, 4) is 0 Å². The Bertz CT molecular complexity index is 182. The molecule has 1 aliphatic heterocycles. The fourth-order valence-corrected chi connectivity index (χ4v) is 2.82. The van der Waals surface area contributed by atoms with E-state index in [1.807, 2.05) is 0 Å².